The summed E-state index contributed by atoms with van der Waals surface area (Å²) < 4.78 is 5.40. The molecule has 0 radical (unpaired) electrons. The fraction of sp³-hybridized carbons (Fsp3) is 0.650. The summed E-state index contributed by atoms with van der Waals surface area (Å²) in [5.74, 6) is 0.813. The smallest absolute Gasteiger partial charge is 0.230 e. The van der Waals surface area contributed by atoms with Crippen LogP contribution in [-0.4, -0.2) is 44.1 Å². The van der Waals surface area contributed by atoms with Crippen LogP contribution in [-0.2, 0) is 10.2 Å². The Bertz CT molecular complexity index is 496. The van der Waals surface area contributed by atoms with Crippen LogP contribution in [0.3, 0.4) is 0 Å². The number of nitrogens with zero attached hydrogens (tertiary/aromatic N) is 1. The van der Waals surface area contributed by atoms with E-state index in [4.69, 9.17) is 4.74 Å². The molecule has 1 rings (SSSR count). The van der Waals surface area contributed by atoms with Crippen LogP contribution in [0.1, 0.15) is 52.5 Å². The maximum absolute atomic E-state index is 12.6. The molecule has 0 heterocycles. The van der Waals surface area contributed by atoms with Crippen LogP contribution >= 0.6 is 0 Å². The van der Waals surface area contributed by atoms with Gasteiger partial charge in [-0.1, -0.05) is 38.5 Å². The third kappa shape index (κ3) is 5.82. The van der Waals surface area contributed by atoms with Gasteiger partial charge in [0.2, 0.25) is 5.91 Å². The zero-order chi connectivity index (χ0) is 18.0. The van der Waals surface area contributed by atoms with Gasteiger partial charge in [0.15, 0.2) is 0 Å². The van der Waals surface area contributed by atoms with Crippen molar-refractivity contribution in [3.63, 3.8) is 0 Å². The van der Waals surface area contributed by atoms with Crippen molar-refractivity contribution in [3.05, 3.63) is 29.8 Å². The van der Waals surface area contributed by atoms with E-state index in [1.54, 1.807) is 7.11 Å². The van der Waals surface area contributed by atoms with Gasteiger partial charge in [0.1, 0.15) is 5.75 Å². The first-order valence-electron chi connectivity index (χ1n) is 9.11. The maximum atomic E-state index is 12.6. The minimum absolute atomic E-state index is 0.0516. The number of ether oxygens (including phenoxy) is 1. The van der Waals surface area contributed by atoms with Crippen LogP contribution in [0, 0.1) is 0 Å². The van der Waals surface area contributed by atoms with E-state index in [1.807, 2.05) is 38.1 Å². The van der Waals surface area contributed by atoms with Gasteiger partial charge in [-0.25, -0.2) is 0 Å². The van der Waals surface area contributed by atoms with Crippen LogP contribution in [0.15, 0.2) is 24.3 Å². The lowest BCUT2D eigenvalue weighted by Crippen LogP contribution is -2.40. The molecule has 0 aliphatic heterocycles. The third-order valence-corrected chi connectivity index (χ3v) is 4.68. The van der Waals surface area contributed by atoms with E-state index in [-0.39, 0.29) is 5.91 Å². The van der Waals surface area contributed by atoms with Crippen LogP contribution < -0.4 is 10.1 Å². The fourth-order valence-electron chi connectivity index (χ4n) is 2.88. The number of amides is 1. The van der Waals surface area contributed by atoms with E-state index in [1.165, 1.54) is 6.42 Å². The second kappa shape index (κ2) is 10.3. The summed E-state index contributed by atoms with van der Waals surface area (Å²) in [6, 6.07) is 7.73. The third-order valence-electron chi connectivity index (χ3n) is 4.68. The Kier molecular flexibility index (Phi) is 8.83. The Labute approximate surface area is 147 Å². The number of carbonyl (C=O) groups excluding carboxylic acids is 1. The molecule has 0 aromatic heterocycles. The predicted molar refractivity (Wildman–Crippen MR) is 101 cm³/mol. The monoisotopic (exact) mass is 334 g/mol. The highest BCUT2D eigenvalue weighted by Gasteiger charge is 2.32. The number of methoxy groups -OCH3 is 1. The quantitative estimate of drug-likeness (QED) is 0.629. The van der Waals surface area contributed by atoms with Gasteiger partial charge < -0.3 is 15.0 Å². The zero-order valence-corrected chi connectivity index (χ0v) is 16.0. The van der Waals surface area contributed by atoms with Gasteiger partial charge in [0.25, 0.3) is 0 Å². The molecule has 0 aliphatic carbocycles. The summed E-state index contributed by atoms with van der Waals surface area (Å²) in [6.07, 6.45) is 3.36. The lowest BCUT2D eigenvalue weighted by atomic mass is 9.83. The average Bonchev–Trinajstić information content (AvgIpc) is 2.60. The molecule has 0 aliphatic rings. The number of hydrogen-bond acceptors (Lipinski definition) is 3. The van der Waals surface area contributed by atoms with Crippen molar-refractivity contribution < 1.29 is 9.53 Å². The first kappa shape index (κ1) is 20.5. The van der Waals surface area contributed by atoms with Crippen molar-refractivity contribution in [1.29, 1.82) is 0 Å². The van der Waals surface area contributed by atoms with Gasteiger partial charge in [-0.3, -0.25) is 4.79 Å². The molecule has 0 atom stereocenters. The lowest BCUT2D eigenvalue weighted by Gasteiger charge is -2.26. The van der Waals surface area contributed by atoms with Gasteiger partial charge in [-0.15, -0.1) is 0 Å². The molecule has 1 aromatic rings. The first-order chi connectivity index (χ1) is 11.5. The number of benzene rings is 1. The first-order valence-corrected chi connectivity index (χ1v) is 9.11. The van der Waals surface area contributed by atoms with Crippen molar-refractivity contribution in [2.45, 2.75) is 52.4 Å². The molecule has 0 spiro atoms. The van der Waals surface area contributed by atoms with E-state index < -0.39 is 5.41 Å². The Hall–Kier alpha value is -1.55. The lowest BCUT2D eigenvalue weighted by molar-refractivity contribution is -0.125. The topological polar surface area (TPSA) is 41.6 Å². The molecule has 24 heavy (non-hydrogen) atoms. The largest absolute Gasteiger partial charge is 0.496 e. The summed E-state index contributed by atoms with van der Waals surface area (Å²) in [5.41, 5.74) is 0.319. The van der Waals surface area contributed by atoms with E-state index in [0.29, 0.717) is 0 Å². The molecule has 4 nitrogen and oxygen atoms in total. The average molecular weight is 335 g/mol. The number of nitrogens with one attached hydrogen (secondary N) is 1. The van der Waals surface area contributed by atoms with Crippen LogP contribution in [0.2, 0.25) is 0 Å². The van der Waals surface area contributed by atoms with E-state index in [9.17, 15) is 4.79 Å². The summed E-state index contributed by atoms with van der Waals surface area (Å²) in [4.78, 5) is 15.0. The molecular formula is C20H34N2O2. The predicted octanol–water partition coefficient (Wildman–Crippen LogP) is 3.60. The van der Waals surface area contributed by atoms with Crippen molar-refractivity contribution in [2.24, 2.45) is 0 Å². The molecule has 136 valence electrons. The molecule has 1 N–H and O–H groups in total. The van der Waals surface area contributed by atoms with Crippen LogP contribution in [0.5, 0.6) is 5.75 Å². The fourth-order valence-corrected chi connectivity index (χ4v) is 2.88. The van der Waals surface area contributed by atoms with Crippen molar-refractivity contribution >= 4 is 5.91 Å². The van der Waals surface area contributed by atoms with Gasteiger partial charge in [-0.05, 0) is 52.4 Å². The van der Waals surface area contributed by atoms with Crippen molar-refractivity contribution in [2.75, 3.05) is 33.3 Å². The van der Waals surface area contributed by atoms with Gasteiger partial charge in [0.05, 0.1) is 12.5 Å². The summed E-state index contributed by atoms with van der Waals surface area (Å²) in [6.45, 7) is 12.4. The molecule has 0 saturated carbocycles. The number of rotatable bonds is 11. The van der Waals surface area contributed by atoms with Gasteiger partial charge >= 0.3 is 0 Å². The highest BCUT2D eigenvalue weighted by molar-refractivity contribution is 5.88. The van der Waals surface area contributed by atoms with Crippen molar-refractivity contribution in [3.8, 4) is 5.75 Å². The second-order valence-corrected chi connectivity index (χ2v) is 6.67. The van der Waals surface area contributed by atoms with E-state index in [0.717, 1.165) is 50.3 Å². The van der Waals surface area contributed by atoms with Crippen LogP contribution in [0.25, 0.3) is 0 Å². The summed E-state index contributed by atoms with van der Waals surface area (Å²) in [5, 5.41) is 3.08. The molecule has 1 aromatic carbocycles. The standard InChI is InChI=1S/C20H34N2O2/c1-6-22(7-2)16-12-8-11-15-21-19(23)20(3,4)17-13-9-10-14-18(17)24-5/h9-10,13-14H,6-8,11-12,15-16H2,1-5H3,(H,21,23). The molecule has 1 amide bonds. The number of para-hydroxylation sites is 1. The number of carbonyl (C=O) groups is 1. The van der Waals surface area contributed by atoms with E-state index in [2.05, 4.69) is 24.1 Å². The minimum Gasteiger partial charge on any atom is -0.496 e. The van der Waals surface area contributed by atoms with Crippen LogP contribution in [0.4, 0.5) is 0 Å². The normalized spacial score (nSPS) is 11.6. The summed E-state index contributed by atoms with van der Waals surface area (Å²) >= 11 is 0. The Morgan fingerprint density at radius 3 is 2.42 bits per heavy atom. The second-order valence-electron chi connectivity index (χ2n) is 6.67. The molecule has 0 saturated heterocycles. The molecular weight excluding hydrogens is 300 g/mol. The molecule has 0 bridgehead atoms. The summed E-state index contributed by atoms with van der Waals surface area (Å²) in [7, 11) is 1.64. The maximum Gasteiger partial charge on any atom is 0.230 e. The van der Waals surface area contributed by atoms with E-state index >= 15 is 0 Å². The molecule has 0 fully saturated rings. The zero-order valence-electron chi connectivity index (χ0n) is 16.0. The Morgan fingerprint density at radius 1 is 1.12 bits per heavy atom. The molecule has 0 unspecified atom stereocenters. The highest BCUT2D eigenvalue weighted by atomic mass is 16.5. The van der Waals surface area contributed by atoms with Gasteiger partial charge in [0, 0.05) is 12.1 Å². The minimum atomic E-state index is -0.603. The highest BCUT2D eigenvalue weighted by Crippen LogP contribution is 2.31. The number of unbranched alkanes of at least 4 members (excludes halogenated alkanes) is 2. The molecule has 4 heteroatoms. The number of hydrogen-bond donors (Lipinski definition) is 1. The van der Waals surface area contributed by atoms with Gasteiger partial charge in [-0.2, -0.15) is 0 Å². The SMILES string of the molecule is CCN(CC)CCCCCNC(=O)C(C)(C)c1ccccc1OC. The van der Waals surface area contributed by atoms with Crippen molar-refractivity contribution in [1.82, 2.24) is 10.2 Å². The Morgan fingerprint density at radius 2 is 1.79 bits per heavy atom. The Balaban J connectivity index is 2.41.